The van der Waals surface area contributed by atoms with Crippen LogP contribution in [0.15, 0.2) is 6.08 Å². The van der Waals surface area contributed by atoms with E-state index in [0.717, 1.165) is 29.8 Å². The molecule has 6 atom stereocenters. The van der Waals surface area contributed by atoms with Crippen LogP contribution in [0.2, 0.25) is 0 Å². The third-order valence-electron chi connectivity index (χ3n) is 8.45. The van der Waals surface area contributed by atoms with E-state index in [1.165, 1.54) is 42.7 Å². The number of thiazole rings is 1. The summed E-state index contributed by atoms with van der Waals surface area (Å²) in [6.45, 7) is 4.90. The molecule has 0 spiro atoms. The van der Waals surface area contributed by atoms with E-state index in [4.69, 9.17) is 4.98 Å². The van der Waals surface area contributed by atoms with Crippen LogP contribution < -0.4 is 5.32 Å². The van der Waals surface area contributed by atoms with Crippen LogP contribution in [0.4, 0.5) is 5.13 Å². The fraction of sp³-hybridized carbons (Fsp3) is 0.762. The predicted octanol–water partition coefficient (Wildman–Crippen LogP) is 4.73. The molecular weight excluding hydrogens is 328 g/mol. The Bertz CT molecular complexity index is 740. The fourth-order valence-corrected chi connectivity index (χ4v) is 8.10. The van der Waals surface area contributed by atoms with E-state index < -0.39 is 0 Å². The molecule has 1 aromatic rings. The number of hydrogen-bond acceptors (Lipinski definition) is 4. The van der Waals surface area contributed by atoms with Gasteiger partial charge < -0.3 is 10.4 Å². The molecule has 0 unspecified atom stereocenters. The largest absolute Gasteiger partial charge is 0.393 e. The third kappa shape index (κ3) is 2.04. The Balaban J connectivity index is 1.56. The minimum atomic E-state index is -0.0747. The van der Waals surface area contributed by atoms with Gasteiger partial charge in [0.2, 0.25) is 0 Å². The van der Waals surface area contributed by atoms with Gasteiger partial charge in [0.1, 0.15) is 0 Å². The summed E-state index contributed by atoms with van der Waals surface area (Å²) in [7, 11) is 1.97. The molecule has 2 fully saturated rings. The van der Waals surface area contributed by atoms with Gasteiger partial charge in [0.05, 0.1) is 16.7 Å². The first-order valence-corrected chi connectivity index (χ1v) is 10.9. The monoisotopic (exact) mass is 358 g/mol. The van der Waals surface area contributed by atoms with Crippen molar-refractivity contribution in [3.05, 3.63) is 16.6 Å². The number of fused-ring (bicyclic) bond motifs is 7. The Morgan fingerprint density at radius 3 is 2.84 bits per heavy atom. The summed E-state index contributed by atoms with van der Waals surface area (Å²) in [5.74, 6) is 2.26. The topological polar surface area (TPSA) is 45.2 Å². The van der Waals surface area contributed by atoms with E-state index in [1.807, 2.05) is 18.4 Å². The van der Waals surface area contributed by atoms with Gasteiger partial charge in [-0.3, -0.25) is 0 Å². The Morgan fingerprint density at radius 2 is 2.04 bits per heavy atom. The number of aliphatic hydroxyl groups is 1. The van der Waals surface area contributed by atoms with Gasteiger partial charge >= 0.3 is 0 Å². The highest BCUT2D eigenvalue weighted by molar-refractivity contribution is 7.16. The van der Waals surface area contributed by atoms with Gasteiger partial charge in [0.15, 0.2) is 5.13 Å². The zero-order valence-electron chi connectivity index (χ0n) is 15.6. The molecule has 136 valence electrons. The van der Waals surface area contributed by atoms with E-state index in [0.29, 0.717) is 11.3 Å². The van der Waals surface area contributed by atoms with Gasteiger partial charge in [0, 0.05) is 7.05 Å². The predicted molar refractivity (Wildman–Crippen MR) is 104 cm³/mol. The molecule has 2 N–H and O–H groups in total. The molecule has 4 aliphatic carbocycles. The highest BCUT2D eigenvalue weighted by Gasteiger charge is 2.58. The first-order chi connectivity index (χ1) is 12.0. The summed E-state index contributed by atoms with van der Waals surface area (Å²) in [4.78, 5) is 6.26. The lowest BCUT2D eigenvalue weighted by atomic mass is 9.48. The standard InChI is InChI=1S/C21H30N2OS/c1-20-11-9-16-18(25-19(22-3)23-16)15(20)5-4-12-13-6-7-17(24)21(13,2)10-8-14(12)20/h5,12-14,17,24H,4,6-11H2,1-3H3,(H,22,23)/t12-,13-,14-,17-,20+,21-/m0/s1. The highest BCUT2D eigenvalue weighted by atomic mass is 32.1. The molecule has 3 nitrogen and oxygen atoms in total. The summed E-state index contributed by atoms with van der Waals surface area (Å²) in [6, 6.07) is 0. The van der Waals surface area contributed by atoms with Crippen molar-refractivity contribution in [1.82, 2.24) is 4.98 Å². The molecule has 4 heteroatoms. The molecule has 1 heterocycles. The number of nitrogens with zero attached hydrogens (tertiary/aromatic N) is 1. The number of allylic oxidation sites excluding steroid dienone is 2. The molecule has 25 heavy (non-hydrogen) atoms. The summed E-state index contributed by atoms with van der Waals surface area (Å²) < 4.78 is 0. The lowest BCUT2D eigenvalue weighted by Gasteiger charge is -2.56. The Hall–Kier alpha value is -0.870. The number of anilines is 1. The molecule has 4 aliphatic rings. The van der Waals surface area contributed by atoms with Crippen LogP contribution in [0, 0.1) is 28.6 Å². The average Bonchev–Trinajstić information content (AvgIpc) is 3.15. The van der Waals surface area contributed by atoms with Crippen molar-refractivity contribution in [1.29, 1.82) is 0 Å². The number of aliphatic hydroxyl groups excluding tert-OH is 1. The van der Waals surface area contributed by atoms with E-state index in [1.54, 1.807) is 5.57 Å². The van der Waals surface area contributed by atoms with E-state index in [9.17, 15) is 5.11 Å². The van der Waals surface area contributed by atoms with Crippen LogP contribution in [0.1, 0.15) is 62.9 Å². The van der Waals surface area contributed by atoms with Crippen molar-refractivity contribution in [3.63, 3.8) is 0 Å². The van der Waals surface area contributed by atoms with Gasteiger partial charge in [0.25, 0.3) is 0 Å². The first-order valence-electron chi connectivity index (χ1n) is 10.0. The molecular formula is C21H30N2OS. The van der Waals surface area contributed by atoms with E-state index in [2.05, 4.69) is 25.2 Å². The Morgan fingerprint density at radius 1 is 1.20 bits per heavy atom. The second-order valence-electron chi connectivity index (χ2n) is 9.33. The normalized spacial score (nSPS) is 45.0. The van der Waals surface area contributed by atoms with Crippen LogP contribution in [-0.2, 0) is 6.42 Å². The maximum Gasteiger partial charge on any atom is 0.183 e. The number of rotatable bonds is 1. The van der Waals surface area contributed by atoms with Crippen molar-refractivity contribution in [2.24, 2.45) is 28.6 Å². The second kappa shape index (κ2) is 5.32. The molecule has 1 aromatic heterocycles. The van der Waals surface area contributed by atoms with Gasteiger partial charge in [-0.1, -0.05) is 31.3 Å². The summed E-state index contributed by atoms with van der Waals surface area (Å²) in [5, 5.41) is 14.9. The smallest absolute Gasteiger partial charge is 0.183 e. The number of aryl methyl sites for hydroxylation is 1. The number of hydrogen-bond donors (Lipinski definition) is 2. The van der Waals surface area contributed by atoms with Crippen molar-refractivity contribution in [2.75, 3.05) is 12.4 Å². The molecule has 0 aliphatic heterocycles. The summed E-state index contributed by atoms with van der Waals surface area (Å²) >= 11 is 1.85. The summed E-state index contributed by atoms with van der Waals surface area (Å²) in [6.07, 6.45) is 10.8. The van der Waals surface area contributed by atoms with Gasteiger partial charge in [-0.15, -0.1) is 0 Å². The molecule has 0 radical (unpaired) electrons. The summed E-state index contributed by atoms with van der Waals surface area (Å²) in [5.41, 5.74) is 3.39. The van der Waals surface area contributed by atoms with Crippen LogP contribution in [0.5, 0.6) is 0 Å². The Kier molecular flexibility index (Phi) is 3.47. The molecule has 2 saturated carbocycles. The maximum atomic E-state index is 10.6. The lowest BCUT2D eigenvalue weighted by Crippen LogP contribution is -2.50. The van der Waals surface area contributed by atoms with Crippen molar-refractivity contribution in [3.8, 4) is 0 Å². The molecule has 0 amide bonds. The molecule has 0 aromatic carbocycles. The highest BCUT2D eigenvalue weighted by Crippen LogP contribution is 2.66. The lowest BCUT2D eigenvalue weighted by molar-refractivity contribution is -0.0579. The van der Waals surface area contributed by atoms with Crippen molar-refractivity contribution >= 4 is 22.0 Å². The van der Waals surface area contributed by atoms with Gasteiger partial charge in [-0.25, -0.2) is 4.98 Å². The van der Waals surface area contributed by atoms with Crippen LogP contribution in [-0.4, -0.2) is 23.2 Å². The van der Waals surface area contributed by atoms with Crippen LogP contribution >= 0.6 is 11.3 Å². The molecule has 0 bridgehead atoms. The Labute approximate surface area is 154 Å². The molecule has 5 rings (SSSR count). The zero-order valence-corrected chi connectivity index (χ0v) is 16.5. The number of aromatic nitrogens is 1. The maximum absolute atomic E-state index is 10.6. The van der Waals surface area contributed by atoms with E-state index >= 15 is 0 Å². The minimum absolute atomic E-state index is 0.0747. The quantitative estimate of drug-likeness (QED) is 0.763. The number of nitrogens with one attached hydrogen (secondary N) is 1. The van der Waals surface area contributed by atoms with Crippen molar-refractivity contribution < 1.29 is 5.11 Å². The van der Waals surface area contributed by atoms with Gasteiger partial charge in [-0.2, -0.15) is 0 Å². The fourth-order valence-electron chi connectivity index (χ4n) is 6.96. The second-order valence-corrected chi connectivity index (χ2v) is 10.3. The third-order valence-corrected chi connectivity index (χ3v) is 9.60. The minimum Gasteiger partial charge on any atom is -0.393 e. The SMILES string of the molecule is CNc1nc2c(s1)C1=CC[C@H]3[C@@H]4CC[C@H](O)[C@@]4(C)CC[C@@H]3[C@@]1(C)CC2. The first kappa shape index (κ1) is 16.3. The van der Waals surface area contributed by atoms with Crippen molar-refractivity contribution in [2.45, 2.75) is 64.9 Å². The molecule has 0 saturated heterocycles. The van der Waals surface area contributed by atoms with Crippen LogP contribution in [0.25, 0.3) is 5.57 Å². The average molecular weight is 359 g/mol. The van der Waals surface area contributed by atoms with Gasteiger partial charge in [-0.05, 0) is 79.1 Å². The zero-order chi connectivity index (χ0) is 17.4. The van der Waals surface area contributed by atoms with E-state index in [-0.39, 0.29) is 11.5 Å². The van der Waals surface area contributed by atoms with Crippen LogP contribution in [0.3, 0.4) is 0 Å².